The number of nitrogens with zero attached hydrogens (tertiary/aromatic N) is 2. The number of benzene rings is 1. The fraction of sp³-hybridized carbons (Fsp3) is 0.188. The van der Waals surface area contributed by atoms with Crippen molar-refractivity contribution in [2.75, 3.05) is 17.2 Å². The van der Waals surface area contributed by atoms with Gasteiger partial charge >= 0.3 is 12.0 Å². The number of aromatic nitrogens is 1. The van der Waals surface area contributed by atoms with Gasteiger partial charge < -0.3 is 25.8 Å². The van der Waals surface area contributed by atoms with Gasteiger partial charge in [0.2, 0.25) is 0 Å². The van der Waals surface area contributed by atoms with E-state index in [1.165, 1.54) is 29.9 Å². The van der Waals surface area contributed by atoms with E-state index in [-0.39, 0.29) is 30.1 Å². The monoisotopic (exact) mass is 346 g/mol. The van der Waals surface area contributed by atoms with Gasteiger partial charge in [-0.05, 0) is 24.3 Å². The lowest BCUT2D eigenvalue weighted by molar-refractivity contribution is -0.136. The second-order valence-corrected chi connectivity index (χ2v) is 5.27. The van der Waals surface area contributed by atoms with Crippen LogP contribution in [0.4, 0.5) is 21.9 Å². The summed E-state index contributed by atoms with van der Waals surface area (Å²) in [7, 11) is 1.48. The average molecular weight is 346 g/mol. The van der Waals surface area contributed by atoms with Gasteiger partial charge in [-0.25, -0.2) is 4.79 Å². The molecule has 0 bridgehead atoms. The van der Waals surface area contributed by atoms with Crippen LogP contribution in [0.2, 0.25) is 0 Å². The zero-order chi connectivity index (χ0) is 18.6. The fourth-order valence-corrected chi connectivity index (χ4v) is 2.18. The number of carboxylic acid groups (broad SMARTS) is 1. The first-order chi connectivity index (χ1) is 11.8. The largest absolute Gasteiger partial charge is 0.505 e. The lowest BCUT2D eigenvalue weighted by atomic mass is 10.2. The van der Waals surface area contributed by atoms with Crippen molar-refractivity contribution in [3.63, 3.8) is 0 Å². The number of carboxylic acids is 1. The molecule has 0 aliphatic heterocycles. The molecular weight excluding hydrogens is 328 g/mol. The van der Waals surface area contributed by atoms with Crippen molar-refractivity contribution >= 4 is 29.1 Å². The number of rotatable bonds is 5. The Balaban J connectivity index is 2.50. The van der Waals surface area contributed by atoms with Gasteiger partial charge in [0.15, 0.2) is 5.69 Å². The van der Waals surface area contributed by atoms with Crippen molar-refractivity contribution in [2.24, 2.45) is 7.05 Å². The minimum absolute atomic E-state index is 0.138. The summed E-state index contributed by atoms with van der Waals surface area (Å²) in [5.41, 5.74) is 5.49. The van der Waals surface area contributed by atoms with E-state index >= 15 is 0 Å². The van der Waals surface area contributed by atoms with Gasteiger partial charge in [-0.2, -0.15) is 0 Å². The average Bonchev–Trinajstić information content (AvgIpc) is 2.54. The second-order valence-electron chi connectivity index (χ2n) is 5.27. The number of aromatic hydroxyl groups is 1. The SMILES string of the molecule is Cn1ccc(O)c(N(C(=O)NCCC(=O)O)c2cccc(N)c2)c1=O. The van der Waals surface area contributed by atoms with Crippen molar-refractivity contribution in [3.05, 3.63) is 46.9 Å². The van der Waals surface area contributed by atoms with E-state index in [0.717, 1.165) is 4.90 Å². The number of carbonyl (C=O) groups excluding carboxylic acids is 1. The number of nitrogen functional groups attached to an aromatic ring is 1. The zero-order valence-corrected chi connectivity index (χ0v) is 13.5. The van der Waals surface area contributed by atoms with Gasteiger partial charge in [-0.15, -0.1) is 0 Å². The molecule has 0 atom stereocenters. The summed E-state index contributed by atoms with van der Waals surface area (Å²) < 4.78 is 1.21. The van der Waals surface area contributed by atoms with Crippen LogP contribution in [0.3, 0.4) is 0 Å². The Bertz CT molecular complexity index is 862. The van der Waals surface area contributed by atoms with Crippen LogP contribution in [0.5, 0.6) is 5.75 Å². The second kappa shape index (κ2) is 7.39. The Labute approximate surface area is 142 Å². The third kappa shape index (κ3) is 4.08. The summed E-state index contributed by atoms with van der Waals surface area (Å²) in [5.74, 6) is -1.46. The van der Waals surface area contributed by atoms with Crippen LogP contribution in [0, 0.1) is 0 Å². The molecule has 2 rings (SSSR count). The van der Waals surface area contributed by atoms with E-state index in [4.69, 9.17) is 10.8 Å². The zero-order valence-electron chi connectivity index (χ0n) is 13.5. The number of anilines is 3. The maximum Gasteiger partial charge on any atom is 0.326 e. The first-order valence-electron chi connectivity index (χ1n) is 7.35. The number of nitrogens with two attached hydrogens (primary N) is 1. The van der Waals surface area contributed by atoms with Crippen LogP contribution in [0.15, 0.2) is 41.3 Å². The molecule has 0 spiro atoms. The fourth-order valence-electron chi connectivity index (χ4n) is 2.18. The minimum Gasteiger partial charge on any atom is -0.505 e. The van der Waals surface area contributed by atoms with E-state index < -0.39 is 17.6 Å². The summed E-state index contributed by atoms with van der Waals surface area (Å²) in [6, 6.07) is 6.72. The molecule has 0 unspecified atom stereocenters. The van der Waals surface area contributed by atoms with Crippen molar-refractivity contribution in [1.29, 1.82) is 0 Å². The van der Waals surface area contributed by atoms with Crippen molar-refractivity contribution < 1.29 is 19.8 Å². The number of amides is 2. The van der Waals surface area contributed by atoms with Gasteiger partial charge in [-0.3, -0.25) is 14.5 Å². The number of hydrogen-bond acceptors (Lipinski definition) is 5. The molecule has 0 radical (unpaired) electrons. The van der Waals surface area contributed by atoms with Gasteiger partial charge in [0.1, 0.15) is 5.75 Å². The third-order valence-corrected chi connectivity index (χ3v) is 3.39. The molecule has 2 aromatic rings. The molecule has 1 aromatic carbocycles. The van der Waals surface area contributed by atoms with Crippen LogP contribution in [-0.2, 0) is 11.8 Å². The lowest BCUT2D eigenvalue weighted by Crippen LogP contribution is -2.41. The smallest absolute Gasteiger partial charge is 0.326 e. The molecule has 9 heteroatoms. The molecule has 1 heterocycles. The minimum atomic E-state index is -1.07. The van der Waals surface area contributed by atoms with E-state index in [2.05, 4.69) is 5.32 Å². The highest BCUT2D eigenvalue weighted by molar-refractivity contribution is 6.01. The Morgan fingerprint density at radius 2 is 2.04 bits per heavy atom. The summed E-state index contributed by atoms with van der Waals surface area (Å²) >= 11 is 0. The third-order valence-electron chi connectivity index (χ3n) is 3.39. The normalized spacial score (nSPS) is 10.3. The molecule has 2 amide bonds. The molecule has 0 saturated carbocycles. The highest BCUT2D eigenvalue weighted by Crippen LogP contribution is 2.30. The number of aryl methyl sites for hydroxylation is 1. The molecule has 25 heavy (non-hydrogen) atoms. The number of carbonyl (C=O) groups is 2. The van der Waals surface area contributed by atoms with E-state index in [9.17, 15) is 19.5 Å². The quantitative estimate of drug-likeness (QED) is 0.596. The molecule has 1 aromatic heterocycles. The van der Waals surface area contributed by atoms with Crippen LogP contribution >= 0.6 is 0 Å². The molecule has 132 valence electrons. The van der Waals surface area contributed by atoms with Gasteiger partial charge in [0, 0.05) is 25.5 Å². The van der Waals surface area contributed by atoms with Crippen molar-refractivity contribution in [2.45, 2.75) is 6.42 Å². The van der Waals surface area contributed by atoms with Gasteiger partial charge in [0.05, 0.1) is 12.1 Å². The number of urea groups is 1. The molecule has 0 aliphatic rings. The first-order valence-corrected chi connectivity index (χ1v) is 7.35. The van der Waals surface area contributed by atoms with E-state index in [1.54, 1.807) is 18.2 Å². The van der Waals surface area contributed by atoms with Crippen molar-refractivity contribution in [1.82, 2.24) is 9.88 Å². The highest BCUT2D eigenvalue weighted by atomic mass is 16.4. The maximum atomic E-state index is 12.6. The number of aliphatic carboxylic acids is 1. The van der Waals surface area contributed by atoms with Gasteiger partial charge in [-0.1, -0.05) is 6.07 Å². The van der Waals surface area contributed by atoms with Crippen LogP contribution in [0.1, 0.15) is 6.42 Å². The Hall–Kier alpha value is -3.49. The van der Waals surface area contributed by atoms with E-state index in [0.29, 0.717) is 5.69 Å². The van der Waals surface area contributed by atoms with Crippen LogP contribution < -0.4 is 21.5 Å². The Morgan fingerprint density at radius 1 is 1.32 bits per heavy atom. The van der Waals surface area contributed by atoms with Crippen LogP contribution in [0.25, 0.3) is 0 Å². The Morgan fingerprint density at radius 3 is 2.68 bits per heavy atom. The molecule has 5 N–H and O–H groups in total. The molecule has 0 aliphatic carbocycles. The summed E-state index contributed by atoms with van der Waals surface area (Å²) in [6.07, 6.45) is 1.08. The molecular formula is C16H18N4O5. The number of pyridine rings is 1. The molecule has 0 saturated heterocycles. The van der Waals surface area contributed by atoms with Crippen LogP contribution in [-0.4, -0.2) is 33.3 Å². The molecule has 0 fully saturated rings. The number of nitrogens with one attached hydrogen (secondary N) is 1. The number of hydrogen-bond donors (Lipinski definition) is 4. The predicted octanol–water partition coefficient (Wildman–Crippen LogP) is 0.996. The maximum absolute atomic E-state index is 12.6. The van der Waals surface area contributed by atoms with Crippen molar-refractivity contribution in [3.8, 4) is 5.75 Å². The first kappa shape index (κ1) is 17.9. The topological polar surface area (TPSA) is 138 Å². The standard InChI is InChI=1S/C16H18N4O5/c1-19-8-6-12(21)14(15(19)24)20(11-4-2-3-10(17)9-11)16(25)18-7-5-13(22)23/h2-4,6,8-9,21H,5,7,17H2,1H3,(H,18,25)(H,22,23). The summed E-state index contributed by atoms with van der Waals surface area (Å²) in [5, 5.41) is 21.2. The highest BCUT2D eigenvalue weighted by Gasteiger charge is 2.25. The predicted molar refractivity (Wildman–Crippen MR) is 92.0 cm³/mol. The summed E-state index contributed by atoms with van der Waals surface area (Å²) in [6.45, 7) is -0.138. The van der Waals surface area contributed by atoms with E-state index in [1.807, 2.05) is 0 Å². The summed E-state index contributed by atoms with van der Waals surface area (Å²) in [4.78, 5) is 36.6. The Kier molecular flexibility index (Phi) is 5.28. The lowest BCUT2D eigenvalue weighted by Gasteiger charge is -2.24. The molecule has 9 nitrogen and oxygen atoms in total. The van der Waals surface area contributed by atoms with Gasteiger partial charge in [0.25, 0.3) is 5.56 Å².